The van der Waals surface area contributed by atoms with Gasteiger partial charge in [-0.3, -0.25) is 0 Å². The number of rotatable bonds is 2. The minimum atomic E-state index is 0.457. The minimum absolute atomic E-state index is 0.457. The largest absolute Gasteiger partial charge is 0.226 e. The van der Waals surface area contributed by atoms with Gasteiger partial charge in [0.1, 0.15) is 5.69 Å². The van der Waals surface area contributed by atoms with Crippen LogP contribution >= 0.6 is 12.6 Å². The Hall–Kier alpha value is -1.75. The van der Waals surface area contributed by atoms with Gasteiger partial charge in [0.05, 0.1) is 17.1 Å². The first kappa shape index (κ1) is 11.7. The predicted molar refractivity (Wildman–Crippen MR) is 69.4 cm³/mol. The van der Waals surface area contributed by atoms with E-state index in [0.29, 0.717) is 10.8 Å². The lowest BCUT2D eigenvalue weighted by Gasteiger charge is -2.02. The van der Waals surface area contributed by atoms with E-state index in [1.54, 1.807) is 0 Å². The SMILES string of the molecule is Cc1nc(S)nc(C)c1N=Nc1ccccc1. The van der Waals surface area contributed by atoms with Gasteiger partial charge in [0.25, 0.3) is 0 Å². The second-order valence-electron chi connectivity index (χ2n) is 3.58. The summed E-state index contributed by atoms with van der Waals surface area (Å²) in [4.78, 5) is 8.29. The molecule has 0 spiro atoms. The normalized spacial score (nSPS) is 11.0. The van der Waals surface area contributed by atoms with Gasteiger partial charge in [-0.2, -0.15) is 5.11 Å². The van der Waals surface area contributed by atoms with Gasteiger partial charge in [-0.25, -0.2) is 9.97 Å². The van der Waals surface area contributed by atoms with Crippen LogP contribution in [0.3, 0.4) is 0 Å². The average molecular weight is 244 g/mol. The summed E-state index contributed by atoms with van der Waals surface area (Å²) in [5.41, 5.74) is 3.07. The molecule has 0 aliphatic heterocycles. The van der Waals surface area contributed by atoms with Crippen LogP contribution < -0.4 is 0 Å². The van der Waals surface area contributed by atoms with E-state index in [1.807, 2.05) is 44.2 Å². The second-order valence-corrected chi connectivity index (χ2v) is 3.98. The van der Waals surface area contributed by atoms with Crippen molar-refractivity contribution >= 4 is 24.0 Å². The van der Waals surface area contributed by atoms with Gasteiger partial charge in [-0.1, -0.05) is 18.2 Å². The summed E-state index contributed by atoms with van der Waals surface area (Å²) in [6, 6.07) is 9.56. The van der Waals surface area contributed by atoms with E-state index in [4.69, 9.17) is 0 Å². The minimum Gasteiger partial charge on any atom is -0.226 e. The fourth-order valence-electron chi connectivity index (χ4n) is 1.44. The lowest BCUT2D eigenvalue weighted by Crippen LogP contribution is -1.92. The maximum absolute atomic E-state index is 4.18. The number of nitrogens with zero attached hydrogens (tertiary/aromatic N) is 4. The van der Waals surface area contributed by atoms with Crippen molar-refractivity contribution in [3.63, 3.8) is 0 Å². The Bertz CT molecular complexity index is 529. The molecule has 0 radical (unpaired) electrons. The molecular formula is C12H12N4S. The first-order chi connectivity index (χ1) is 8.16. The lowest BCUT2D eigenvalue weighted by atomic mass is 10.3. The van der Waals surface area contributed by atoms with Crippen LogP contribution in [0.2, 0.25) is 0 Å². The van der Waals surface area contributed by atoms with Crippen LogP contribution in [-0.4, -0.2) is 9.97 Å². The van der Waals surface area contributed by atoms with Gasteiger partial charge < -0.3 is 0 Å². The summed E-state index contributed by atoms with van der Waals surface area (Å²) < 4.78 is 0. The highest BCUT2D eigenvalue weighted by atomic mass is 32.1. The third-order valence-electron chi connectivity index (χ3n) is 2.24. The molecule has 4 nitrogen and oxygen atoms in total. The van der Waals surface area contributed by atoms with Crippen LogP contribution in [0, 0.1) is 13.8 Å². The first-order valence-electron chi connectivity index (χ1n) is 5.18. The number of thiol groups is 1. The molecule has 0 aliphatic carbocycles. The van der Waals surface area contributed by atoms with Gasteiger partial charge in [0.15, 0.2) is 5.16 Å². The Labute approximate surface area is 105 Å². The summed E-state index contributed by atoms with van der Waals surface area (Å²) in [6.07, 6.45) is 0. The van der Waals surface area contributed by atoms with Crippen LogP contribution in [0.4, 0.5) is 11.4 Å². The van der Waals surface area contributed by atoms with E-state index in [0.717, 1.165) is 17.1 Å². The highest BCUT2D eigenvalue weighted by Gasteiger charge is 2.05. The third kappa shape index (κ3) is 2.88. The molecule has 0 atom stereocenters. The Kier molecular flexibility index (Phi) is 3.49. The summed E-state index contributed by atoms with van der Waals surface area (Å²) in [5.74, 6) is 0. The third-order valence-corrected chi connectivity index (χ3v) is 2.44. The molecule has 0 N–H and O–H groups in total. The van der Waals surface area contributed by atoms with Crippen LogP contribution in [-0.2, 0) is 0 Å². The summed E-state index contributed by atoms with van der Waals surface area (Å²) >= 11 is 4.11. The van der Waals surface area contributed by atoms with E-state index < -0.39 is 0 Å². The quantitative estimate of drug-likeness (QED) is 0.496. The highest BCUT2D eigenvalue weighted by molar-refractivity contribution is 7.80. The Balaban J connectivity index is 2.34. The van der Waals surface area contributed by atoms with Crippen LogP contribution in [0.25, 0.3) is 0 Å². The first-order valence-corrected chi connectivity index (χ1v) is 5.62. The van der Waals surface area contributed by atoms with E-state index >= 15 is 0 Å². The van der Waals surface area contributed by atoms with E-state index in [2.05, 4.69) is 32.8 Å². The van der Waals surface area contributed by atoms with Crippen molar-refractivity contribution < 1.29 is 0 Å². The van der Waals surface area contributed by atoms with Crippen LogP contribution in [0.15, 0.2) is 45.7 Å². The fourth-order valence-corrected chi connectivity index (χ4v) is 1.74. The molecule has 0 aliphatic rings. The molecule has 17 heavy (non-hydrogen) atoms. The number of aryl methyl sites for hydroxylation is 2. The van der Waals surface area contributed by atoms with Crippen LogP contribution in [0.1, 0.15) is 11.4 Å². The molecule has 1 aromatic carbocycles. The molecule has 1 aromatic heterocycles. The molecule has 0 amide bonds. The van der Waals surface area contributed by atoms with E-state index in [9.17, 15) is 0 Å². The molecule has 0 saturated carbocycles. The van der Waals surface area contributed by atoms with Crippen molar-refractivity contribution in [3.8, 4) is 0 Å². The monoisotopic (exact) mass is 244 g/mol. The predicted octanol–water partition coefficient (Wildman–Crippen LogP) is 3.80. The number of benzene rings is 1. The van der Waals surface area contributed by atoms with Gasteiger partial charge in [-0.15, -0.1) is 17.7 Å². The summed E-state index contributed by atoms with van der Waals surface area (Å²) in [7, 11) is 0. The number of azo groups is 1. The maximum Gasteiger partial charge on any atom is 0.184 e. The number of hydrogen-bond donors (Lipinski definition) is 1. The zero-order valence-corrected chi connectivity index (χ0v) is 10.5. The van der Waals surface area contributed by atoms with Gasteiger partial charge >= 0.3 is 0 Å². The zero-order valence-electron chi connectivity index (χ0n) is 9.62. The molecule has 0 unspecified atom stereocenters. The van der Waals surface area contributed by atoms with E-state index in [-0.39, 0.29) is 0 Å². The standard InChI is InChI=1S/C12H12N4S/c1-8-11(9(2)14-12(17)13-8)16-15-10-6-4-3-5-7-10/h3-7H,1-2H3,(H,13,14,17). The maximum atomic E-state index is 4.18. The van der Waals surface area contributed by atoms with Crippen molar-refractivity contribution in [3.05, 3.63) is 41.7 Å². The van der Waals surface area contributed by atoms with E-state index in [1.165, 1.54) is 0 Å². The summed E-state index contributed by atoms with van der Waals surface area (Å²) in [6.45, 7) is 3.74. The fraction of sp³-hybridized carbons (Fsp3) is 0.167. The van der Waals surface area contributed by atoms with Gasteiger partial charge in [0.2, 0.25) is 0 Å². The average Bonchev–Trinajstić information content (AvgIpc) is 2.29. The topological polar surface area (TPSA) is 50.5 Å². The lowest BCUT2D eigenvalue weighted by molar-refractivity contribution is 0.900. The molecule has 2 rings (SSSR count). The smallest absolute Gasteiger partial charge is 0.184 e. The molecule has 0 saturated heterocycles. The zero-order chi connectivity index (χ0) is 12.3. The Morgan fingerprint density at radius 1 is 0.941 bits per heavy atom. The molecule has 86 valence electrons. The second kappa shape index (κ2) is 5.05. The van der Waals surface area contributed by atoms with Crippen molar-refractivity contribution in [2.45, 2.75) is 19.0 Å². The Morgan fingerprint density at radius 3 is 2.12 bits per heavy atom. The van der Waals surface area contributed by atoms with Crippen molar-refractivity contribution in [1.82, 2.24) is 9.97 Å². The molecule has 0 fully saturated rings. The molecule has 0 bridgehead atoms. The van der Waals surface area contributed by atoms with Crippen molar-refractivity contribution in [2.75, 3.05) is 0 Å². The highest BCUT2D eigenvalue weighted by Crippen LogP contribution is 2.23. The molecule has 2 aromatic rings. The molecule has 5 heteroatoms. The number of hydrogen-bond acceptors (Lipinski definition) is 5. The summed E-state index contributed by atoms with van der Waals surface area (Å²) in [5, 5.41) is 8.79. The van der Waals surface area contributed by atoms with Crippen LogP contribution in [0.5, 0.6) is 0 Å². The molecule has 1 heterocycles. The van der Waals surface area contributed by atoms with Gasteiger partial charge in [0, 0.05) is 0 Å². The van der Waals surface area contributed by atoms with Crippen molar-refractivity contribution in [1.29, 1.82) is 0 Å². The Morgan fingerprint density at radius 2 is 1.53 bits per heavy atom. The number of aromatic nitrogens is 2. The van der Waals surface area contributed by atoms with Gasteiger partial charge in [-0.05, 0) is 26.0 Å². The molecular weight excluding hydrogens is 232 g/mol. The van der Waals surface area contributed by atoms with Crippen molar-refractivity contribution in [2.24, 2.45) is 10.2 Å².